The van der Waals surface area contributed by atoms with Crippen molar-refractivity contribution in [2.45, 2.75) is 32.7 Å². The fraction of sp³-hybridized carbons (Fsp3) is 0.357. The first-order valence-corrected chi connectivity index (χ1v) is 7.56. The molecule has 1 aromatic carbocycles. The Bertz CT molecular complexity index is 674. The van der Waals surface area contributed by atoms with Gasteiger partial charge in [0.05, 0.1) is 16.3 Å². The Morgan fingerprint density at radius 1 is 1.36 bits per heavy atom. The lowest BCUT2D eigenvalue weighted by Gasteiger charge is -2.08. The summed E-state index contributed by atoms with van der Waals surface area (Å²) in [5, 5.41) is 5.96. The van der Waals surface area contributed by atoms with Crippen molar-refractivity contribution in [1.29, 1.82) is 0 Å². The molecule has 1 aromatic heterocycles. The number of carbonyl (C=O) groups is 2. The summed E-state index contributed by atoms with van der Waals surface area (Å²) in [7, 11) is 0. The molecule has 4 N–H and O–H groups in total. The first kappa shape index (κ1) is 18.3. The van der Waals surface area contributed by atoms with Gasteiger partial charge in [0.25, 0.3) is 0 Å². The topological polar surface area (TPSA) is 97.1 Å². The molecule has 0 fully saturated rings. The average molecular weight is 343 g/mol. The van der Waals surface area contributed by atoms with Crippen LogP contribution in [-0.4, -0.2) is 22.8 Å². The molecule has 8 heteroatoms. The van der Waals surface area contributed by atoms with E-state index in [-0.39, 0.29) is 24.2 Å². The summed E-state index contributed by atoms with van der Waals surface area (Å²) in [4.78, 5) is 27.2. The minimum atomic E-state index is -0.517. The number of benzene rings is 1. The van der Waals surface area contributed by atoms with Gasteiger partial charge < -0.3 is 16.4 Å². The molecular formula is C14H19ClN4O2S. The van der Waals surface area contributed by atoms with Crippen molar-refractivity contribution in [2.24, 2.45) is 5.73 Å². The monoisotopic (exact) mass is 342 g/mol. The fourth-order valence-corrected chi connectivity index (χ4v) is 2.81. The highest BCUT2D eigenvalue weighted by molar-refractivity contribution is 7.22. The standard InChI is InChI=1S/C14H18N4O2S.ClH/c1-3-4-10(15)13(20)18-14-17-11-6-5-9(16-8(2)19)7-12(11)21-14;/h5-7,10H,3-4,15H2,1-2H3,(H,16,19)(H,17,18,20);1H. The molecule has 0 saturated heterocycles. The Balaban J connectivity index is 0.00000242. The maximum atomic E-state index is 11.9. The second-order valence-corrected chi connectivity index (χ2v) is 5.80. The zero-order valence-corrected chi connectivity index (χ0v) is 14.0. The third-order valence-electron chi connectivity index (χ3n) is 2.88. The van der Waals surface area contributed by atoms with Gasteiger partial charge in [-0.3, -0.25) is 9.59 Å². The Kier molecular flexibility index (Phi) is 6.73. The van der Waals surface area contributed by atoms with Crippen LogP contribution >= 0.6 is 23.7 Å². The van der Waals surface area contributed by atoms with Gasteiger partial charge in [-0.25, -0.2) is 4.98 Å². The number of hydrogen-bond acceptors (Lipinski definition) is 5. The molecule has 1 unspecified atom stereocenters. The maximum Gasteiger partial charge on any atom is 0.243 e. The molecule has 0 aliphatic carbocycles. The number of thiazole rings is 1. The van der Waals surface area contributed by atoms with Gasteiger partial charge in [-0.15, -0.1) is 12.4 Å². The average Bonchev–Trinajstić information content (AvgIpc) is 2.79. The lowest BCUT2D eigenvalue weighted by atomic mass is 10.2. The van der Waals surface area contributed by atoms with Gasteiger partial charge in [-0.1, -0.05) is 24.7 Å². The molecule has 2 amide bonds. The van der Waals surface area contributed by atoms with Crippen LogP contribution < -0.4 is 16.4 Å². The molecule has 0 saturated carbocycles. The van der Waals surface area contributed by atoms with Crippen molar-refractivity contribution >= 4 is 56.6 Å². The molecule has 1 atom stereocenters. The van der Waals surface area contributed by atoms with Crippen LogP contribution in [0.2, 0.25) is 0 Å². The minimum absolute atomic E-state index is 0. The predicted octanol–water partition coefficient (Wildman–Crippen LogP) is 2.74. The van der Waals surface area contributed by atoms with Gasteiger partial charge in [0.2, 0.25) is 11.8 Å². The number of aromatic nitrogens is 1. The SMILES string of the molecule is CCCC(N)C(=O)Nc1nc2ccc(NC(C)=O)cc2s1.Cl. The summed E-state index contributed by atoms with van der Waals surface area (Å²) >= 11 is 1.35. The maximum absolute atomic E-state index is 11.9. The number of fused-ring (bicyclic) bond motifs is 1. The molecule has 22 heavy (non-hydrogen) atoms. The smallest absolute Gasteiger partial charge is 0.243 e. The van der Waals surface area contributed by atoms with Crippen LogP contribution in [0.4, 0.5) is 10.8 Å². The van der Waals surface area contributed by atoms with Crippen LogP contribution in [0.3, 0.4) is 0 Å². The van der Waals surface area contributed by atoms with Gasteiger partial charge >= 0.3 is 0 Å². The molecule has 0 aliphatic heterocycles. The van der Waals surface area contributed by atoms with E-state index in [0.29, 0.717) is 17.2 Å². The van der Waals surface area contributed by atoms with E-state index in [1.54, 1.807) is 12.1 Å². The second-order valence-electron chi connectivity index (χ2n) is 4.77. The number of amides is 2. The van der Waals surface area contributed by atoms with Gasteiger partial charge in [-0.2, -0.15) is 0 Å². The van der Waals surface area contributed by atoms with Gasteiger partial charge in [0, 0.05) is 12.6 Å². The molecule has 0 aliphatic rings. The van der Waals surface area contributed by atoms with E-state index in [0.717, 1.165) is 16.6 Å². The molecule has 120 valence electrons. The first-order chi connectivity index (χ1) is 9.99. The molecule has 2 rings (SSSR count). The first-order valence-electron chi connectivity index (χ1n) is 6.74. The van der Waals surface area contributed by atoms with Crippen LogP contribution in [0.1, 0.15) is 26.7 Å². The van der Waals surface area contributed by atoms with Crippen molar-refractivity contribution in [3.05, 3.63) is 18.2 Å². The van der Waals surface area contributed by atoms with Crippen LogP contribution in [0.15, 0.2) is 18.2 Å². The largest absolute Gasteiger partial charge is 0.326 e. The molecular weight excluding hydrogens is 324 g/mol. The summed E-state index contributed by atoms with van der Waals surface area (Å²) in [5.74, 6) is -0.351. The number of anilines is 2. The predicted molar refractivity (Wildman–Crippen MR) is 92.7 cm³/mol. The zero-order valence-electron chi connectivity index (χ0n) is 12.4. The van der Waals surface area contributed by atoms with Crippen molar-refractivity contribution in [2.75, 3.05) is 10.6 Å². The van der Waals surface area contributed by atoms with Crippen LogP contribution in [0, 0.1) is 0 Å². The third kappa shape index (κ3) is 4.66. The Morgan fingerprint density at radius 3 is 2.73 bits per heavy atom. The minimum Gasteiger partial charge on any atom is -0.326 e. The number of carbonyl (C=O) groups excluding carboxylic acids is 2. The molecule has 2 aromatic rings. The summed E-state index contributed by atoms with van der Waals surface area (Å²) < 4.78 is 0.889. The van der Waals surface area contributed by atoms with E-state index >= 15 is 0 Å². The summed E-state index contributed by atoms with van der Waals surface area (Å²) in [5.41, 5.74) is 7.25. The Labute approximate surface area is 138 Å². The Hall–Kier alpha value is -1.70. The number of rotatable bonds is 5. The quantitative estimate of drug-likeness (QED) is 0.778. The van der Waals surface area contributed by atoms with Crippen molar-refractivity contribution in [1.82, 2.24) is 4.98 Å². The van der Waals surface area contributed by atoms with Gasteiger partial charge in [0.1, 0.15) is 0 Å². The number of halogens is 1. The number of hydrogen-bond donors (Lipinski definition) is 3. The van der Waals surface area contributed by atoms with Crippen LogP contribution in [-0.2, 0) is 9.59 Å². The Morgan fingerprint density at radius 2 is 2.09 bits per heavy atom. The molecule has 0 radical (unpaired) electrons. The normalized spacial score (nSPS) is 11.6. The van der Waals surface area contributed by atoms with Crippen molar-refractivity contribution in [3.8, 4) is 0 Å². The number of nitrogens with one attached hydrogen (secondary N) is 2. The summed E-state index contributed by atoms with van der Waals surface area (Å²) in [6, 6.07) is 4.89. The lowest BCUT2D eigenvalue weighted by Crippen LogP contribution is -2.35. The highest BCUT2D eigenvalue weighted by Gasteiger charge is 2.14. The summed E-state index contributed by atoms with van der Waals surface area (Å²) in [6.45, 7) is 3.44. The van der Waals surface area contributed by atoms with E-state index in [1.165, 1.54) is 18.3 Å². The van der Waals surface area contributed by atoms with Gasteiger partial charge in [0.15, 0.2) is 5.13 Å². The van der Waals surface area contributed by atoms with Crippen LogP contribution in [0.25, 0.3) is 10.2 Å². The molecule has 1 heterocycles. The van der Waals surface area contributed by atoms with Crippen molar-refractivity contribution < 1.29 is 9.59 Å². The second kappa shape index (κ2) is 8.07. The summed E-state index contributed by atoms with van der Waals surface area (Å²) in [6.07, 6.45) is 1.50. The molecule has 0 spiro atoms. The zero-order chi connectivity index (χ0) is 15.4. The van der Waals surface area contributed by atoms with E-state index in [4.69, 9.17) is 5.73 Å². The van der Waals surface area contributed by atoms with Crippen molar-refractivity contribution in [3.63, 3.8) is 0 Å². The molecule has 6 nitrogen and oxygen atoms in total. The number of nitrogens with two attached hydrogens (primary N) is 1. The van der Waals surface area contributed by atoms with E-state index < -0.39 is 6.04 Å². The third-order valence-corrected chi connectivity index (χ3v) is 3.81. The lowest BCUT2D eigenvalue weighted by molar-refractivity contribution is -0.117. The fourth-order valence-electron chi connectivity index (χ4n) is 1.90. The highest BCUT2D eigenvalue weighted by atomic mass is 35.5. The van der Waals surface area contributed by atoms with Gasteiger partial charge in [-0.05, 0) is 24.6 Å². The van der Waals surface area contributed by atoms with E-state index in [9.17, 15) is 9.59 Å². The van der Waals surface area contributed by atoms with Crippen LogP contribution in [0.5, 0.6) is 0 Å². The highest BCUT2D eigenvalue weighted by Crippen LogP contribution is 2.28. The number of nitrogens with zero attached hydrogens (tertiary/aromatic N) is 1. The van der Waals surface area contributed by atoms with E-state index in [2.05, 4.69) is 15.6 Å². The van der Waals surface area contributed by atoms with E-state index in [1.807, 2.05) is 13.0 Å². The molecule has 0 bridgehead atoms.